The third kappa shape index (κ3) is 3.19. The second-order valence-corrected chi connectivity index (χ2v) is 4.44. The lowest BCUT2D eigenvalue weighted by molar-refractivity contribution is -0.153. The minimum Gasteiger partial charge on any atom is -0.426 e. The number of fused-ring (bicyclic) bond motifs is 1. The SMILES string of the molecule is CC(=O)OCO/N=C1\CCNc2nc(Br)ccc21. The summed E-state index contributed by atoms with van der Waals surface area (Å²) in [6.07, 6.45) is 0.733. The lowest BCUT2D eigenvalue weighted by Crippen LogP contribution is -2.20. The number of hydrogen-bond donors (Lipinski definition) is 1. The van der Waals surface area contributed by atoms with Crippen molar-refractivity contribution >= 4 is 33.4 Å². The molecule has 0 saturated heterocycles. The maximum Gasteiger partial charge on any atom is 0.305 e. The highest BCUT2D eigenvalue weighted by molar-refractivity contribution is 9.10. The predicted octanol–water partition coefficient (Wildman–Crippen LogP) is 1.90. The molecular weight excluding hydrogens is 302 g/mol. The monoisotopic (exact) mass is 313 g/mol. The van der Waals surface area contributed by atoms with E-state index >= 15 is 0 Å². The molecule has 2 heterocycles. The van der Waals surface area contributed by atoms with Gasteiger partial charge in [0.1, 0.15) is 10.4 Å². The Hall–Kier alpha value is -1.63. The van der Waals surface area contributed by atoms with E-state index in [2.05, 4.69) is 36.1 Å². The van der Waals surface area contributed by atoms with Gasteiger partial charge in [-0.1, -0.05) is 5.16 Å². The van der Waals surface area contributed by atoms with Crippen LogP contribution in [0.4, 0.5) is 5.82 Å². The summed E-state index contributed by atoms with van der Waals surface area (Å²) in [6.45, 7) is 1.88. The Bertz CT molecular complexity index is 490. The molecule has 0 radical (unpaired) electrons. The van der Waals surface area contributed by atoms with Crippen molar-refractivity contribution in [2.24, 2.45) is 5.16 Å². The summed E-state index contributed by atoms with van der Waals surface area (Å²) in [5, 5.41) is 7.15. The third-order valence-corrected chi connectivity index (χ3v) is 2.76. The van der Waals surface area contributed by atoms with Gasteiger partial charge >= 0.3 is 5.97 Å². The first-order chi connectivity index (χ1) is 8.66. The first-order valence-corrected chi connectivity index (χ1v) is 6.19. The molecule has 1 aromatic rings. The molecule has 0 bridgehead atoms. The number of nitrogens with zero attached hydrogens (tertiary/aromatic N) is 2. The molecule has 0 aliphatic carbocycles. The van der Waals surface area contributed by atoms with Crippen LogP contribution in [-0.4, -0.2) is 30.0 Å². The van der Waals surface area contributed by atoms with Crippen LogP contribution in [0.3, 0.4) is 0 Å². The maximum atomic E-state index is 10.6. The molecule has 0 fully saturated rings. The fraction of sp³-hybridized carbons (Fsp3) is 0.364. The van der Waals surface area contributed by atoms with Crippen molar-refractivity contribution in [2.75, 3.05) is 18.7 Å². The Morgan fingerprint density at radius 3 is 3.22 bits per heavy atom. The zero-order chi connectivity index (χ0) is 13.0. The molecule has 18 heavy (non-hydrogen) atoms. The topological polar surface area (TPSA) is 72.8 Å². The summed E-state index contributed by atoms with van der Waals surface area (Å²) >= 11 is 3.31. The van der Waals surface area contributed by atoms with Gasteiger partial charge in [-0.3, -0.25) is 4.79 Å². The normalized spacial score (nSPS) is 15.8. The summed E-state index contributed by atoms with van der Waals surface area (Å²) in [6, 6.07) is 3.75. The molecule has 1 N–H and O–H groups in total. The molecule has 96 valence electrons. The average Bonchev–Trinajstić information content (AvgIpc) is 2.34. The lowest BCUT2D eigenvalue weighted by Gasteiger charge is -2.18. The number of anilines is 1. The number of nitrogens with one attached hydrogen (secondary N) is 1. The maximum absolute atomic E-state index is 10.6. The van der Waals surface area contributed by atoms with Crippen LogP contribution in [0.5, 0.6) is 0 Å². The van der Waals surface area contributed by atoms with Gasteiger partial charge in [-0.2, -0.15) is 0 Å². The second kappa shape index (κ2) is 5.81. The number of oxime groups is 1. The van der Waals surface area contributed by atoms with Crippen molar-refractivity contribution in [1.29, 1.82) is 0 Å². The number of carbonyl (C=O) groups excluding carboxylic acids is 1. The molecule has 0 atom stereocenters. The number of aromatic nitrogens is 1. The predicted molar refractivity (Wildman–Crippen MR) is 69.3 cm³/mol. The van der Waals surface area contributed by atoms with Crippen LogP contribution in [0.1, 0.15) is 18.9 Å². The zero-order valence-electron chi connectivity index (χ0n) is 9.77. The van der Waals surface area contributed by atoms with Gasteiger partial charge in [-0.25, -0.2) is 4.98 Å². The van der Waals surface area contributed by atoms with Gasteiger partial charge in [0.15, 0.2) is 0 Å². The van der Waals surface area contributed by atoms with E-state index in [4.69, 9.17) is 4.84 Å². The molecule has 1 aromatic heterocycles. The summed E-state index contributed by atoms with van der Waals surface area (Å²) in [5.74, 6) is 0.372. The van der Waals surface area contributed by atoms with E-state index in [0.29, 0.717) is 0 Å². The zero-order valence-corrected chi connectivity index (χ0v) is 11.4. The third-order valence-electron chi connectivity index (χ3n) is 2.32. The van der Waals surface area contributed by atoms with Crippen molar-refractivity contribution in [3.05, 3.63) is 22.3 Å². The van der Waals surface area contributed by atoms with E-state index in [1.54, 1.807) is 0 Å². The molecule has 1 aliphatic rings. The van der Waals surface area contributed by atoms with E-state index in [0.717, 1.165) is 34.7 Å². The van der Waals surface area contributed by atoms with Crippen LogP contribution in [0, 0.1) is 0 Å². The van der Waals surface area contributed by atoms with Gasteiger partial charge in [0.05, 0.1) is 5.71 Å². The average molecular weight is 314 g/mol. The van der Waals surface area contributed by atoms with E-state index in [1.807, 2.05) is 12.1 Å². The van der Waals surface area contributed by atoms with E-state index in [-0.39, 0.29) is 6.79 Å². The second-order valence-electron chi connectivity index (χ2n) is 3.63. The van der Waals surface area contributed by atoms with Crippen LogP contribution in [0.25, 0.3) is 0 Å². The standard InChI is InChI=1S/C11H12BrN3O3/c1-7(16)17-6-18-15-9-4-5-13-11-8(9)2-3-10(12)14-11/h2-3H,4-6H2,1H3,(H,13,14)/b15-9+. The lowest BCUT2D eigenvalue weighted by atomic mass is 10.1. The van der Waals surface area contributed by atoms with E-state index < -0.39 is 5.97 Å². The van der Waals surface area contributed by atoms with Gasteiger partial charge in [-0.05, 0) is 28.1 Å². The highest BCUT2D eigenvalue weighted by Crippen LogP contribution is 2.22. The van der Waals surface area contributed by atoms with Crippen molar-refractivity contribution < 1.29 is 14.4 Å². The summed E-state index contributed by atoms with van der Waals surface area (Å²) in [4.78, 5) is 19.8. The summed E-state index contributed by atoms with van der Waals surface area (Å²) < 4.78 is 5.39. The quantitative estimate of drug-likeness (QED) is 0.303. The van der Waals surface area contributed by atoms with Crippen LogP contribution in [0.15, 0.2) is 21.9 Å². The van der Waals surface area contributed by atoms with Crippen LogP contribution >= 0.6 is 15.9 Å². The molecule has 0 amide bonds. The molecule has 0 saturated carbocycles. The van der Waals surface area contributed by atoms with Gasteiger partial charge in [0.2, 0.25) is 0 Å². The molecule has 0 unspecified atom stereocenters. The Morgan fingerprint density at radius 1 is 1.61 bits per heavy atom. The van der Waals surface area contributed by atoms with Crippen molar-refractivity contribution in [3.63, 3.8) is 0 Å². The molecule has 2 rings (SSSR count). The Balaban J connectivity index is 2.07. The minimum absolute atomic E-state index is 0.175. The van der Waals surface area contributed by atoms with Crippen LogP contribution < -0.4 is 5.32 Å². The Labute approximate surface area is 112 Å². The fourth-order valence-electron chi connectivity index (χ4n) is 1.55. The van der Waals surface area contributed by atoms with E-state index in [9.17, 15) is 4.79 Å². The number of esters is 1. The number of pyridine rings is 1. The van der Waals surface area contributed by atoms with Gasteiger partial charge < -0.3 is 14.9 Å². The summed E-state index contributed by atoms with van der Waals surface area (Å²) in [7, 11) is 0. The van der Waals surface area contributed by atoms with Gasteiger partial charge in [0, 0.05) is 25.5 Å². The molecular formula is C11H12BrN3O3. The first kappa shape index (κ1) is 12.8. The molecule has 0 spiro atoms. The van der Waals surface area contributed by atoms with Crippen LogP contribution in [-0.2, 0) is 14.4 Å². The molecule has 0 aromatic carbocycles. The molecule has 1 aliphatic heterocycles. The highest BCUT2D eigenvalue weighted by Gasteiger charge is 2.17. The van der Waals surface area contributed by atoms with Gasteiger partial charge in [0.25, 0.3) is 6.79 Å². The number of rotatable bonds is 3. The minimum atomic E-state index is -0.397. The number of carbonyl (C=O) groups is 1. The molecule has 7 heteroatoms. The van der Waals surface area contributed by atoms with Crippen molar-refractivity contribution in [1.82, 2.24) is 4.98 Å². The van der Waals surface area contributed by atoms with Gasteiger partial charge in [-0.15, -0.1) is 0 Å². The number of hydrogen-bond acceptors (Lipinski definition) is 6. The Morgan fingerprint density at radius 2 is 2.44 bits per heavy atom. The smallest absolute Gasteiger partial charge is 0.305 e. The van der Waals surface area contributed by atoms with Crippen LogP contribution in [0.2, 0.25) is 0 Å². The van der Waals surface area contributed by atoms with E-state index in [1.165, 1.54) is 6.92 Å². The highest BCUT2D eigenvalue weighted by atomic mass is 79.9. The van der Waals surface area contributed by atoms with Crippen molar-refractivity contribution in [3.8, 4) is 0 Å². The summed E-state index contributed by atoms with van der Waals surface area (Å²) in [5.41, 5.74) is 1.68. The molecule has 6 nitrogen and oxygen atoms in total. The Kier molecular flexibility index (Phi) is 4.14. The number of ether oxygens (including phenoxy) is 1. The number of halogens is 1. The fourth-order valence-corrected chi connectivity index (χ4v) is 1.85. The van der Waals surface area contributed by atoms with Crippen molar-refractivity contribution in [2.45, 2.75) is 13.3 Å². The largest absolute Gasteiger partial charge is 0.426 e. The first-order valence-electron chi connectivity index (χ1n) is 5.40.